The predicted octanol–water partition coefficient (Wildman–Crippen LogP) is 1.59. The highest BCUT2D eigenvalue weighted by Crippen LogP contribution is 2.17. The van der Waals surface area contributed by atoms with Crippen molar-refractivity contribution in [2.75, 3.05) is 13.2 Å². The van der Waals surface area contributed by atoms with Gasteiger partial charge in [0.2, 0.25) is 0 Å². The lowest BCUT2D eigenvalue weighted by Crippen LogP contribution is -2.34. The first-order chi connectivity index (χ1) is 7.68. The summed E-state index contributed by atoms with van der Waals surface area (Å²) >= 11 is 5.92. The standard InChI is InChI=1S/C11H18ClN3O/c1-8(9-3-4-16-7-9)13-6-11-14-5-10(12)15(11)2/h5,8-9,13H,3-4,6-7H2,1-2H3. The van der Waals surface area contributed by atoms with Gasteiger partial charge >= 0.3 is 0 Å². The summed E-state index contributed by atoms with van der Waals surface area (Å²) in [6.07, 6.45) is 2.83. The van der Waals surface area contributed by atoms with Crippen LogP contribution in [0, 0.1) is 5.92 Å². The molecule has 0 aliphatic carbocycles. The fourth-order valence-corrected chi connectivity index (χ4v) is 2.10. The first-order valence-corrected chi connectivity index (χ1v) is 6.03. The Morgan fingerprint density at radius 3 is 3.12 bits per heavy atom. The van der Waals surface area contributed by atoms with Crippen LogP contribution in [-0.4, -0.2) is 28.8 Å². The summed E-state index contributed by atoms with van der Waals surface area (Å²) in [4.78, 5) is 4.25. The highest BCUT2D eigenvalue weighted by atomic mass is 35.5. The van der Waals surface area contributed by atoms with E-state index in [1.165, 1.54) is 0 Å². The molecule has 1 saturated heterocycles. The molecule has 0 spiro atoms. The molecule has 1 aliphatic rings. The average molecular weight is 244 g/mol. The van der Waals surface area contributed by atoms with Crippen LogP contribution in [0.5, 0.6) is 0 Å². The van der Waals surface area contributed by atoms with Crippen LogP contribution in [0.4, 0.5) is 0 Å². The van der Waals surface area contributed by atoms with Crippen LogP contribution in [0.15, 0.2) is 6.20 Å². The summed E-state index contributed by atoms with van der Waals surface area (Å²) in [5.41, 5.74) is 0. The molecule has 2 heterocycles. The second-order valence-electron chi connectivity index (χ2n) is 4.35. The third-order valence-electron chi connectivity index (χ3n) is 3.28. The highest BCUT2D eigenvalue weighted by Gasteiger charge is 2.22. The molecular formula is C11H18ClN3O. The van der Waals surface area contributed by atoms with Crippen molar-refractivity contribution in [1.29, 1.82) is 0 Å². The van der Waals surface area contributed by atoms with E-state index in [4.69, 9.17) is 16.3 Å². The number of hydrogen-bond donors (Lipinski definition) is 1. The van der Waals surface area contributed by atoms with E-state index in [9.17, 15) is 0 Å². The molecule has 0 radical (unpaired) electrons. The van der Waals surface area contributed by atoms with Crippen molar-refractivity contribution in [3.05, 3.63) is 17.2 Å². The first-order valence-electron chi connectivity index (χ1n) is 5.65. The van der Waals surface area contributed by atoms with Crippen molar-refractivity contribution in [2.45, 2.75) is 25.9 Å². The van der Waals surface area contributed by atoms with E-state index in [1.54, 1.807) is 6.20 Å². The molecule has 1 fully saturated rings. The lowest BCUT2D eigenvalue weighted by molar-refractivity contribution is 0.178. The molecule has 90 valence electrons. The number of nitrogens with one attached hydrogen (secondary N) is 1. The van der Waals surface area contributed by atoms with Crippen molar-refractivity contribution in [2.24, 2.45) is 13.0 Å². The van der Waals surface area contributed by atoms with E-state index in [0.717, 1.165) is 32.0 Å². The summed E-state index contributed by atoms with van der Waals surface area (Å²) in [7, 11) is 1.93. The summed E-state index contributed by atoms with van der Waals surface area (Å²) in [6.45, 7) is 4.71. The molecule has 4 nitrogen and oxygen atoms in total. The van der Waals surface area contributed by atoms with Crippen molar-refractivity contribution in [3.8, 4) is 0 Å². The van der Waals surface area contributed by atoms with Gasteiger partial charge in [-0.25, -0.2) is 4.98 Å². The van der Waals surface area contributed by atoms with E-state index < -0.39 is 0 Å². The minimum atomic E-state index is 0.456. The van der Waals surface area contributed by atoms with Gasteiger partial charge in [-0.05, 0) is 19.3 Å². The van der Waals surface area contributed by atoms with Crippen LogP contribution in [0.2, 0.25) is 5.15 Å². The van der Waals surface area contributed by atoms with Gasteiger partial charge in [0.05, 0.1) is 19.3 Å². The molecule has 2 rings (SSSR count). The number of rotatable bonds is 4. The monoisotopic (exact) mass is 243 g/mol. The molecule has 1 aromatic heterocycles. The van der Waals surface area contributed by atoms with E-state index in [2.05, 4.69) is 17.2 Å². The van der Waals surface area contributed by atoms with Gasteiger partial charge in [0, 0.05) is 19.7 Å². The Morgan fingerprint density at radius 1 is 1.75 bits per heavy atom. The fraction of sp³-hybridized carbons (Fsp3) is 0.727. The number of hydrogen-bond acceptors (Lipinski definition) is 3. The molecule has 1 aliphatic heterocycles. The van der Waals surface area contributed by atoms with Crippen molar-refractivity contribution >= 4 is 11.6 Å². The molecule has 1 N–H and O–H groups in total. The first kappa shape index (κ1) is 11.9. The Bertz CT molecular complexity index is 347. The number of nitrogens with zero attached hydrogens (tertiary/aromatic N) is 2. The Morgan fingerprint density at radius 2 is 2.56 bits per heavy atom. The Labute approximate surface area is 101 Å². The summed E-state index contributed by atoms with van der Waals surface area (Å²) in [5, 5.41) is 4.15. The van der Waals surface area contributed by atoms with Crippen molar-refractivity contribution < 1.29 is 4.74 Å². The minimum absolute atomic E-state index is 0.456. The molecule has 0 aromatic carbocycles. The number of aromatic nitrogens is 2. The van der Waals surface area contributed by atoms with E-state index in [0.29, 0.717) is 17.1 Å². The van der Waals surface area contributed by atoms with Gasteiger partial charge in [-0.3, -0.25) is 0 Å². The fourth-order valence-electron chi connectivity index (χ4n) is 1.95. The zero-order valence-corrected chi connectivity index (χ0v) is 10.5. The second-order valence-corrected chi connectivity index (χ2v) is 4.74. The van der Waals surface area contributed by atoms with Crippen molar-refractivity contribution in [1.82, 2.24) is 14.9 Å². The Balaban J connectivity index is 1.84. The smallest absolute Gasteiger partial charge is 0.128 e. The van der Waals surface area contributed by atoms with E-state index >= 15 is 0 Å². The molecule has 0 amide bonds. The van der Waals surface area contributed by atoms with Crippen LogP contribution >= 0.6 is 11.6 Å². The van der Waals surface area contributed by atoms with Gasteiger partial charge in [0.25, 0.3) is 0 Å². The maximum absolute atomic E-state index is 5.92. The lowest BCUT2D eigenvalue weighted by atomic mass is 10.0. The third kappa shape index (κ3) is 2.56. The molecule has 2 unspecified atom stereocenters. The maximum Gasteiger partial charge on any atom is 0.128 e. The minimum Gasteiger partial charge on any atom is -0.381 e. The Kier molecular flexibility index (Phi) is 3.84. The molecule has 0 saturated carbocycles. The lowest BCUT2D eigenvalue weighted by Gasteiger charge is -2.19. The van der Waals surface area contributed by atoms with Crippen LogP contribution in [0.1, 0.15) is 19.2 Å². The third-order valence-corrected chi connectivity index (χ3v) is 3.63. The van der Waals surface area contributed by atoms with Gasteiger partial charge in [-0.15, -0.1) is 0 Å². The summed E-state index contributed by atoms with van der Waals surface area (Å²) in [5.74, 6) is 1.59. The van der Waals surface area contributed by atoms with Crippen LogP contribution in [0.3, 0.4) is 0 Å². The zero-order chi connectivity index (χ0) is 11.5. The molecular weight excluding hydrogens is 226 g/mol. The second kappa shape index (κ2) is 5.17. The number of ether oxygens (including phenoxy) is 1. The van der Waals surface area contributed by atoms with Gasteiger partial charge < -0.3 is 14.6 Å². The molecule has 16 heavy (non-hydrogen) atoms. The maximum atomic E-state index is 5.92. The predicted molar refractivity (Wildman–Crippen MR) is 63.4 cm³/mol. The van der Waals surface area contributed by atoms with E-state index in [-0.39, 0.29) is 0 Å². The van der Waals surface area contributed by atoms with E-state index in [1.807, 2.05) is 11.6 Å². The highest BCUT2D eigenvalue weighted by molar-refractivity contribution is 6.29. The summed E-state index contributed by atoms with van der Waals surface area (Å²) in [6, 6.07) is 0.456. The summed E-state index contributed by atoms with van der Waals surface area (Å²) < 4.78 is 7.27. The van der Waals surface area contributed by atoms with Gasteiger partial charge in [0.15, 0.2) is 0 Å². The molecule has 5 heteroatoms. The molecule has 2 atom stereocenters. The van der Waals surface area contributed by atoms with Gasteiger partial charge in [0.1, 0.15) is 11.0 Å². The topological polar surface area (TPSA) is 39.1 Å². The molecule has 0 bridgehead atoms. The zero-order valence-electron chi connectivity index (χ0n) is 9.74. The number of halogens is 1. The average Bonchev–Trinajstić information content (AvgIpc) is 2.89. The van der Waals surface area contributed by atoms with Gasteiger partial charge in [-0.1, -0.05) is 11.6 Å². The van der Waals surface area contributed by atoms with Crippen molar-refractivity contribution in [3.63, 3.8) is 0 Å². The van der Waals surface area contributed by atoms with Crippen LogP contribution in [0.25, 0.3) is 0 Å². The quantitative estimate of drug-likeness (QED) is 0.873. The SMILES string of the molecule is CC(NCc1ncc(Cl)n1C)C1CCOC1. The molecule has 1 aromatic rings. The largest absolute Gasteiger partial charge is 0.381 e. The normalized spacial score (nSPS) is 22.6. The Hall–Kier alpha value is -0.580. The number of imidazole rings is 1. The van der Waals surface area contributed by atoms with Crippen LogP contribution in [-0.2, 0) is 18.3 Å². The van der Waals surface area contributed by atoms with Gasteiger partial charge in [-0.2, -0.15) is 0 Å². The van der Waals surface area contributed by atoms with Crippen LogP contribution < -0.4 is 5.32 Å².